The highest BCUT2D eigenvalue weighted by Gasteiger charge is 2.20. The summed E-state index contributed by atoms with van der Waals surface area (Å²) in [5, 5.41) is 0.0267. The topological polar surface area (TPSA) is 0 Å². The highest BCUT2D eigenvalue weighted by molar-refractivity contribution is 6.21. The largest absolute Gasteiger partial charge is 0.117 e. The van der Waals surface area contributed by atoms with E-state index in [1.54, 1.807) is 0 Å². The minimum Gasteiger partial charge on any atom is -0.117 e. The van der Waals surface area contributed by atoms with Crippen LogP contribution < -0.4 is 0 Å². The zero-order chi connectivity index (χ0) is 14.5. The Bertz CT molecular complexity index is 545. The van der Waals surface area contributed by atoms with Gasteiger partial charge in [0.05, 0.1) is 5.38 Å². The van der Waals surface area contributed by atoms with E-state index in [0.717, 1.165) is 12.8 Å². The molecule has 0 spiro atoms. The van der Waals surface area contributed by atoms with Crippen LogP contribution in [0.5, 0.6) is 0 Å². The molecule has 1 heteroatoms. The summed E-state index contributed by atoms with van der Waals surface area (Å²) in [5.41, 5.74) is 5.33. The van der Waals surface area contributed by atoms with Crippen molar-refractivity contribution in [3.63, 3.8) is 0 Å². The lowest BCUT2D eigenvalue weighted by Crippen LogP contribution is -2.06. The molecule has 0 fully saturated rings. The summed E-state index contributed by atoms with van der Waals surface area (Å²) in [7, 11) is 0. The third-order valence-electron chi connectivity index (χ3n) is 4.06. The van der Waals surface area contributed by atoms with Crippen LogP contribution in [0.15, 0.2) is 48.5 Å². The Kier molecular flexibility index (Phi) is 5.25. The summed E-state index contributed by atoms with van der Waals surface area (Å²) < 4.78 is 0. The van der Waals surface area contributed by atoms with E-state index in [2.05, 4.69) is 69.3 Å². The molecule has 0 aliphatic heterocycles. The predicted octanol–water partition coefficient (Wildman–Crippen LogP) is 5.90. The molecule has 0 aromatic heterocycles. The van der Waals surface area contributed by atoms with Crippen LogP contribution in [0.3, 0.4) is 0 Å². The molecule has 0 radical (unpaired) electrons. The van der Waals surface area contributed by atoms with E-state index in [4.69, 9.17) is 11.6 Å². The summed E-state index contributed by atoms with van der Waals surface area (Å²) in [6, 6.07) is 17.3. The average molecular weight is 287 g/mol. The first-order valence-electron chi connectivity index (χ1n) is 7.48. The molecule has 0 heterocycles. The van der Waals surface area contributed by atoms with Crippen molar-refractivity contribution in [2.24, 2.45) is 0 Å². The number of halogens is 1. The molecule has 0 nitrogen and oxygen atoms in total. The first kappa shape index (κ1) is 15.1. The third-order valence-corrected chi connectivity index (χ3v) is 4.67. The molecule has 0 saturated heterocycles. The van der Waals surface area contributed by atoms with Gasteiger partial charge in [-0.2, -0.15) is 0 Å². The van der Waals surface area contributed by atoms with E-state index in [9.17, 15) is 0 Å². The van der Waals surface area contributed by atoms with Crippen molar-refractivity contribution < 1.29 is 0 Å². The standard InChI is InChI=1S/C19H23Cl/c1-4-15-11-12-16(5-2)18(13-15)19(20)14(3)17-9-7-6-8-10-17/h6-14,19H,4-5H2,1-3H3. The molecule has 0 amide bonds. The van der Waals surface area contributed by atoms with Crippen LogP contribution in [0.2, 0.25) is 0 Å². The molecule has 0 aliphatic rings. The number of hydrogen-bond acceptors (Lipinski definition) is 0. The van der Waals surface area contributed by atoms with Crippen LogP contribution in [0, 0.1) is 0 Å². The van der Waals surface area contributed by atoms with E-state index in [0.29, 0.717) is 5.92 Å². The molecule has 2 aromatic rings. The number of benzene rings is 2. The minimum atomic E-state index is 0.0267. The van der Waals surface area contributed by atoms with Crippen molar-refractivity contribution in [1.29, 1.82) is 0 Å². The Balaban J connectivity index is 2.34. The maximum absolute atomic E-state index is 6.80. The summed E-state index contributed by atoms with van der Waals surface area (Å²) >= 11 is 6.80. The monoisotopic (exact) mass is 286 g/mol. The number of hydrogen-bond donors (Lipinski definition) is 0. The van der Waals surface area contributed by atoms with Gasteiger partial charge in [-0.25, -0.2) is 0 Å². The van der Waals surface area contributed by atoms with Crippen LogP contribution in [0.25, 0.3) is 0 Å². The van der Waals surface area contributed by atoms with Gasteiger partial charge in [-0.1, -0.05) is 69.3 Å². The Morgan fingerprint density at radius 2 is 1.65 bits per heavy atom. The fourth-order valence-corrected chi connectivity index (χ4v) is 2.99. The molecular formula is C19H23Cl. The maximum atomic E-state index is 6.80. The van der Waals surface area contributed by atoms with E-state index < -0.39 is 0 Å². The van der Waals surface area contributed by atoms with Crippen molar-refractivity contribution >= 4 is 11.6 Å². The lowest BCUT2D eigenvalue weighted by Gasteiger charge is -2.22. The second kappa shape index (κ2) is 6.95. The summed E-state index contributed by atoms with van der Waals surface area (Å²) in [6.07, 6.45) is 2.09. The van der Waals surface area contributed by atoms with Gasteiger partial charge in [0, 0.05) is 5.92 Å². The number of alkyl halides is 1. The summed E-state index contributed by atoms with van der Waals surface area (Å²) in [4.78, 5) is 0. The Labute approximate surface area is 127 Å². The Hall–Kier alpha value is -1.27. The molecule has 0 saturated carbocycles. The SMILES string of the molecule is CCc1ccc(CC)c(C(Cl)C(C)c2ccccc2)c1. The van der Waals surface area contributed by atoms with E-state index in [1.807, 2.05) is 0 Å². The highest BCUT2D eigenvalue weighted by Crippen LogP contribution is 2.38. The molecule has 106 valence electrons. The molecule has 2 rings (SSSR count). The predicted molar refractivity (Wildman–Crippen MR) is 88.6 cm³/mol. The lowest BCUT2D eigenvalue weighted by atomic mass is 9.89. The molecule has 2 atom stereocenters. The van der Waals surface area contributed by atoms with E-state index in [-0.39, 0.29) is 5.38 Å². The van der Waals surface area contributed by atoms with Crippen LogP contribution in [-0.4, -0.2) is 0 Å². The minimum absolute atomic E-state index is 0.0267. The molecule has 2 aromatic carbocycles. The van der Waals surface area contributed by atoms with Crippen LogP contribution in [-0.2, 0) is 12.8 Å². The van der Waals surface area contributed by atoms with Crippen LogP contribution in [0.1, 0.15) is 54.3 Å². The lowest BCUT2D eigenvalue weighted by molar-refractivity contribution is 0.723. The first-order valence-corrected chi connectivity index (χ1v) is 7.91. The van der Waals surface area contributed by atoms with Crippen molar-refractivity contribution in [1.82, 2.24) is 0 Å². The van der Waals surface area contributed by atoms with Gasteiger partial charge in [0.2, 0.25) is 0 Å². The highest BCUT2D eigenvalue weighted by atomic mass is 35.5. The second-order valence-electron chi connectivity index (χ2n) is 5.34. The zero-order valence-corrected chi connectivity index (χ0v) is 13.3. The van der Waals surface area contributed by atoms with Crippen molar-refractivity contribution in [2.75, 3.05) is 0 Å². The van der Waals surface area contributed by atoms with Gasteiger partial charge in [-0.05, 0) is 35.1 Å². The first-order chi connectivity index (χ1) is 9.67. The van der Waals surface area contributed by atoms with Crippen molar-refractivity contribution in [3.8, 4) is 0 Å². The van der Waals surface area contributed by atoms with Crippen molar-refractivity contribution in [3.05, 3.63) is 70.8 Å². The maximum Gasteiger partial charge on any atom is 0.0653 e. The third kappa shape index (κ3) is 3.24. The van der Waals surface area contributed by atoms with Crippen molar-refractivity contribution in [2.45, 2.75) is 44.9 Å². The average Bonchev–Trinajstić information content (AvgIpc) is 2.53. The zero-order valence-electron chi connectivity index (χ0n) is 12.6. The van der Waals surface area contributed by atoms with Gasteiger partial charge in [0.1, 0.15) is 0 Å². The Morgan fingerprint density at radius 1 is 0.950 bits per heavy atom. The van der Waals surface area contributed by atoms with Gasteiger partial charge in [0.25, 0.3) is 0 Å². The number of rotatable bonds is 5. The van der Waals surface area contributed by atoms with Crippen LogP contribution >= 0.6 is 11.6 Å². The molecule has 0 bridgehead atoms. The molecular weight excluding hydrogens is 264 g/mol. The fourth-order valence-electron chi connectivity index (χ4n) is 2.64. The summed E-state index contributed by atoms with van der Waals surface area (Å²) in [5.74, 6) is 0.315. The fraction of sp³-hybridized carbons (Fsp3) is 0.368. The Morgan fingerprint density at radius 3 is 2.25 bits per heavy atom. The molecule has 2 unspecified atom stereocenters. The normalized spacial score (nSPS) is 14.0. The smallest absolute Gasteiger partial charge is 0.0653 e. The van der Waals surface area contributed by atoms with Gasteiger partial charge in [-0.15, -0.1) is 11.6 Å². The number of aryl methyl sites for hydroxylation is 2. The molecule has 0 N–H and O–H groups in total. The quantitative estimate of drug-likeness (QED) is 0.601. The van der Waals surface area contributed by atoms with Crippen LogP contribution in [0.4, 0.5) is 0 Å². The van der Waals surface area contributed by atoms with Gasteiger partial charge < -0.3 is 0 Å². The molecule has 20 heavy (non-hydrogen) atoms. The van der Waals surface area contributed by atoms with Gasteiger partial charge in [0.15, 0.2) is 0 Å². The second-order valence-corrected chi connectivity index (χ2v) is 5.81. The van der Waals surface area contributed by atoms with Gasteiger partial charge in [-0.3, -0.25) is 0 Å². The van der Waals surface area contributed by atoms with E-state index >= 15 is 0 Å². The van der Waals surface area contributed by atoms with E-state index in [1.165, 1.54) is 22.3 Å². The summed E-state index contributed by atoms with van der Waals surface area (Å²) in [6.45, 7) is 6.60. The molecule has 0 aliphatic carbocycles. The van der Waals surface area contributed by atoms with Gasteiger partial charge >= 0.3 is 0 Å².